The molecular formula is C13H12ClFN2. The Morgan fingerprint density at radius 2 is 1.94 bits per heavy atom. The van der Waals surface area contributed by atoms with Gasteiger partial charge in [-0.3, -0.25) is 0 Å². The van der Waals surface area contributed by atoms with E-state index in [1.807, 2.05) is 24.3 Å². The van der Waals surface area contributed by atoms with Crippen molar-refractivity contribution in [3.05, 3.63) is 58.9 Å². The van der Waals surface area contributed by atoms with Gasteiger partial charge < -0.3 is 11.1 Å². The number of benzene rings is 2. The molecule has 17 heavy (non-hydrogen) atoms. The van der Waals surface area contributed by atoms with E-state index in [1.165, 1.54) is 6.07 Å². The summed E-state index contributed by atoms with van der Waals surface area (Å²) < 4.78 is 13.6. The van der Waals surface area contributed by atoms with Crippen LogP contribution in [0.15, 0.2) is 42.5 Å². The largest absolute Gasteiger partial charge is 0.399 e. The van der Waals surface area contributed by atoms with Crippen LogP contribution in [0.1, 0.15) is 5.56 Å². The van der Waals surface area contributed by atoms with Crippen LogP contribution < -0.4 is 11.1 Å². The first-order chi connectivity index (χ1) is 8.16. The molecule has 0 aliphatic heterocycles. The maximum absolute atomic E-state index is 13.6. The molecule has 0 heterocycles. The number of anilines is 2. The number of nitrogens with one attached hydrogen (secondary N) is 1. The van der Waals surface area contributed by atoms with Gasteiger partial charge in [0.05, 0.1) is 10.7 Å². The van der Waals surface area contributed by atoms with Crippen molar-refractivity contribution in [3.63, 3.8) is 0 Å². The minimum atomic E-state index is -0.432. The summed E-state index contributed by atoms with van der Waals surface area (Å²) >= 11 is 5.69. The highest BCUT2D eigenvalue weighted by Crippen LogP contribution is 2.22. The molecule has 0 atom stereocenters. The standard InChI is InChI=1S/C13H12ClFN2/c14-11-5-2-6-12(13(11)15)17-8-9-3-1-4-10(16)7-9/h1-7,17H,8,16H2. The summed E-state index contributed by atoms with van der Waals surface area (Å²) in [4.78, 5) is 0. The van der Waals surface area contributed by atoms with Crippen molar-refractivity contribution >= 4 is 23.0 Å². The molecule has 3 N–H and O–H groups in total. The first-order valence-corrected chi connectivity index (χ1v) is 5.57. The van der Waals surface area contributed by atoms with Crippen molar-refractivity contribution in [2.45, 2.75) is 6.54 Å². The van der Waals surface area contributed by atoms with Crippen molar-refractivity contribution < 1.29 is 4.39 Å². The quantitative estimate of drug-likeness (QED) is 0.816. The third-order valence-corrected chi connectivity index (χ3v) is 2.68. The van der Waals surface area contributed by atoms with Gasteiger partial charge in [0.15, 0.2) is 5.82 Å². The second kappa shape index (κ2) is 5.06. The summed E-state index contributed by atoms with van der Waals surface area (Å²) in [5.41, 5.74) is 7.73. The predicted molar refractivity (Wildman–Crippen MR) is 69.6 cm³/mol. The van der Waals surface area contributed by atoms with E-state index in [0.29, 0.717) is 17.9 Å². The molecule has 88 valence electrons. The van der Waals surface area contributed by atoms with E-state index < -0.39 is 5.82 Å². The molecule has 2 aromatic rings. The van der Waals surface area contributed by atoms with Crippen LogP contribution in [0.25, 0.3) is 0 Å². The summed E-state index contributed by atoms with van der Waals surface area (Å²) in [5.74, 6) is -0.432. The van der Waals surface area contributed by atoms with Gasteiger partial charge in [0.1, 0.15) is 0 Å². The van der Waals surface area contributed by atoms with Crippen LogP contribution in [0.3, 0.4) is 0 Å². The third-order valence-electron chi connectivity index (χ3n) is 2.39. The Hall–Kier alpha value is -1.74. The molecule has 0 saturated heterocycles. The van der Waals surface area contributed by atoms with Crippen LogP contribution in [0.2, 0.25) is 5.02 Å². The highest BCUT2D eigenvalue weighted by Gasteiger charge is 2.05. The van der Waals surface area contributed by atoms with Crippen LogP contribution in [0.4, 0.5) is 15.8 Å². The van der Waals surface area contributed by atoms with Crippen LogP contribution >= 0.6 is 11.6 Å². The van der Waals surface area contributed by atoms with E-state index in [0.717, 1.165) is 5.56 Å². The van der Waals surface area contributed by atoms with Crippen LogP contribution in [-0.2, 0) is 6.54 Å². The van der Waals surface area contributed by atoms with E-state index in [4.69, 9.17) is 17.3 Å². The van der Waals surface area contributed by atoms with Crippen molar-refractivity contribution in [1.29, 1.82) is 0 Å². The van der Waals surface area contributed by atoms with Crippen LogP contribution in [-0.4, -0.2) is 0 Å². The zero-order chi connectivity index (χ0) is 12.3. The Morgan fingerprint density at radius 3 is 2.71 bits per heavy atom. The third kappa shape index (κ3) is 2.88. The van der Waals surface area contributed by atoms with Gasteiger partial charge in [-0.15, -0.1) is 0 Å². The second-order valence-electron chi connectivity index (χ2n) is 3.70. The van der Waals surface area contributed by atoms with Gasteiger partial charge in [0.2, 0.25) is 0 Å². The molecule has 0 aliphatic carbocycles. The monoisotopic (exact) mass is 250 g/mol. The lowest BCUT2D eigenvalue weighted by Gasteiger charge is -2.08. The SMILES string of the molecule is Nc1cccc(CNc2cccc(Cl)c2F)c1. The number of nitrogens with two attached hydrogens (primary N) is 1. The van der Waals surface area contributed by atoms with Gasteiger partial charge in [0.25, 0.3) is 0 Å². The fraction of sp³-hybridized carbons (Fsp3) is 0.0769. The van der Waals surface area contributed by atoms with Crippen molar-refractivity contribution in [1.82, 2.24) is 0 Å². The second-order valence-corrected chi connectivity index (χ2v) is 4.11. The Balaban J connectivity index is 2.10. The fourth-order valence-corrected chi connectivity index (χ4v) is 1.72. The van der Waals surface area contributed by atoms with Gasteiger partial charge >= 0.3 is 0 Å². The van der Waals surface area contributed by atoms with Gasteiger partial charge in [-0.25, -0.2) is 4.39 Å². The molecule has 2 nitrogen and oxygen atoms in total. The molecule has 4 heteroatoms. The minimum absolute atomic E-state index is 0.113. The van der Waals surface area contributed by atoms with E-state index >= 15 is 0 Å². The highest BCUT2D eigenvalue weighted by atomic mass is 35.5. The number of nitrogen functional groups attached to an aromatic ring is 1. The minimum Gasteiger partial charge on any atom is -0.399 e. The Labute approximate surface area is 104 Å². The molecule has 0 saturated carbocycles. The summed E-state index contributed by atoms with van der Waals surface area (Å²) in [7, 11) is 0. The van der Waals surface area contributed by atoms with Gasteiger partial charge in [-0.2, -0.15) is 0 Å². The summed E-state index contributed by atoms with van der Waals surface area (Å²) in [6, 6.07) is 12.3. The number of hydrogen-bond acceptors (Lipinski definition) is 2. The molecule has 0 bridgehead atoms. The maximum atomic E-state index is 13.6. The highest BCUT2D eigenvalue weighted by molar-refractivity contribution is 6.31. The molecule has 0 amide bonds. The topological polar surface area (TPSA) is 38.0 Å². The average Bonchev–Trinajstić information content (AvgIpc) is 2.31. The number of hydrogen-bond donors (Lipinski definition) is 2. The summed E-state index contributed by atoms with van der Waals surface area (Å²) in [6.45, 7) is 0.502. The molecular weight excluding hydrogens is 239 g/mol. The number of rotatable bonds is 3. The van der Waals surface area contributed by atoms with Crippen LogP contribution in [0.5, 0.6) is 0 Å². The zero-order valence-corrected chi connectivity index (χ0v) is 9.84. The predicted octanol–water partition coefficient (Wildman–Crippen LogP) is 3.67. The summed E-state index contributed by atoms with van der Waals surface area (Å²) in [5, 5.41) is 3.10. The Bertz CT molecular complexity index is 529. The van der Waals surface area contributed by atoms with Gasteiger partial charge in [-0.05, 0) is 29.8 Å². The van der Waals surface area contributed by atoms with Crippen LogP contribution in [0, 0.1) is 5.82 Å². The first kappa shape index (κ1) is 11.7. The first-order valence-electron chi connectivity index (χ1n) is 5.19. The fourth-order valence-electron chi connectivity index (χ4n) is 1.54. The summed E-state index contributed by atoms with van der Waals surface area (Å²) in [6.07, 6.45) is 0. The van der Waals surface area contributed by atoms with Gasteiger partial charge in [-0.1, -0.05) is 29.8 Å². The molecule has 0 radical (unpaired) electrons. The van der Waals surface area contributed by atoms with E-state index in [-0.39, 0.29) is 5.02 Å². The van der Waals surface area contributed by atoms with E-state index in [2.05, 4.69) is 5.32 Å². The lowest BCUT2D eigenvalue weighted by molar-refractivity contribution is 0.630. The molecule has 0 spiro atoms. The lowest BCUT2D eigenvalue weighted by atomic mass is 10.2. The number of halogens is 2. The van der Waals surface area contributed by atoms with Crippen molar-refractivity contribution in [3.8, 4) is 0 Å². The molecule has 0 unspecified atom stereocenters. The van der Waals surface area contributed by atoms with Gasteiger partial charge in [0, 0.05) is 12.2 Å². The Kier molecular flexibility index (Phi) is 3.49. The molecule has 0 aliphatic rings. The molecule has 0 fully saturated rings. The maximum Gasteiger partial charge on any atom is 0.164 e. The molecule has 0 aromatic heterocycles. The van der Waals surface area contributed by atoms with Crippen molar-refractivity contribution in [2.24, 2.45) is 0 Å². The molecule has 2 rings (SSSR count). The lowest BCUT2D eigenvalue weighted by Crippen LogP contribution is -2.02. The zero-order valence-electron chi connectivity index (χ0n) is 9.08. The smallest absolute Gasteiger partial charge is 0.164 e. The van der Waals surface area contributed by atoms with Crippen molar-refractivity contribution in [2.75, 3.05) is 11.1 Å². The van der Waals surface area contributed by atoms with E-state index in [1.54, 1.807) is 12.1 Å². The normalized spacial score (nSPS) is 10.2. The van der Waals surface area contributed by atoms with E-state index in [9.17, 15) is 4.39 Å². The molecule has 2 aromatic carbocycles. The average molecular weight is 251 g/mol. The Morgan fingerprint density at radius 1 is 1.18 bits per heavy atom.